The first-order valence-corrected chi connectivity index (χ1v) is 17.1. The van der Waals surface area contributed by atoms with Crippen molar-refractivity contribution < 1.29 is 10.2 Å². The lowest BCUT2D eigenvalue weighted by Gasteiger charge is -2.58. The Bertz CT molecular complexity index is 1190. The molecule has 6 aliphatic rings. The van der Waals surface area contributed by atoms with E-state index in [1.807, 2.05) is 0 Å². The highest BCUT2D eigenvalue weighted by Crippen LogP contribution is 2.81. The number of aryl methyl sites for hydroxylation is 2. The van der Waals surface area contributed by atoms with Gasteiger partial charge >= 0.3 is 0 Å². The van der Waals surface area contributed by atoms with Gasteiger partial charge in [-0.3, -0.25) is 0 Å². The first-order chi connectivity index (χ1) is 19.5. The molecule has 214 valence electrons. The summed E-state index contributed by atoms with van der Waals surface area (Å²) in [6, 6.07) is 9.50. The van der Waals surface area contributed by atoms with Crippen LogP contribution in [0.3, 0.4) is 0 Å². The van der Waals surface area contributed by atoms with E-state index in [-0.39, 0.29) is 10.8 Å². The minimum absolute atomic E-state index is 0.186. The molecule has 0 heterocycles. The predicted octanol–water partition coefficient (Wildman–Crippen LogP) is 9.85. The molecule has 2 heteroatoms. The topological polar surface area (TPSA) is 40.5 Å². The first kappa shape index (κ1) is 25.7. The lowest BCUT2D eigenvalue weighted by molar-refractivity contribution is 0.0573. The average molecular weight is 539 g/mol. The molecule has 0 radical (unpaired) electrons. The van der Waals surface area contributed by atoms with E-state index in [1.54, 1.807) is 11.1 Å². The van der Waals surface area contributed by atoms with Crippen LogP contribution in [0.25, 0.3) is 0 Å². The van der Waals surface area contributed by atoms with Crippen LogP contribution in [0.4, 0.5) is 0 Å². The molecule has 6 saturated carbocycles. The van der Waals surface area contributed by atoms with Crippen LogP contribution < -0.4 is 0 Å². The van der Waals surface area contributed by atoms with Crippen molar-refractivity contribution in [2.45, 2.75) is 139 Å². The van der Waals surface area contributed by atoms with Crippen molar-refractivity contribution in [3.05, 3.63) is 57.6 Å². The van der Waals surface area contributed by atoms with E-state index < -0.39 is 0 Å². The van der Waals surface area contributed by atoms with Gasteiger partial charge in [-0.05, 0) is 159 Å². The van der Waals surface area contributed by atoms with Gasteiger partial charge in [-0.1, -0.05) is 50.7 Å². The second-order valence-electron chi connectivity index (χ2n) is 15.3. The maximum Gasteiger partial charge on any atom is 0.119 e. The zero-order chi connectivity index (χ0) is 27.2. The predicted molar refractivity (Wildman–Crippen MR) is 162 cm³/mol. The molecule has 0 aliphatic heterocycles. The third-order valence-corrected chi connectivity index (χ3v) is 13.9. The van der Waals surface area contributed by atoms with Crippen molar-refractivity contribution >= 4 is 0 Å². The van der Waals surface area contributed by atoms with Gasteiger partial charge in [-0.2, -0.15) is 0 Å². The van der Waals surface area contributed by atoms with E-state index >= 15 is 0 Å². The Labute approximate surface area is 242 Å². The molecule has 6 aliphatic carbocycles. The molecular formula is C38H50O2. The maximum absolute atomic E-state index is 11.3. The van der Waals surface area contributed by atoms with Gasteiger partial charge in [-0.25, -0.2) is 0 Å². The second kappa shape index (κ2) is 9.27. The van der Waals surface area contributed by atoms with E-state index in [0.717, 1.165) is 23.7 Å². The molecule has 4 unspecified atom stereocenters. The molecule has 0 spiro atoms. The standard InChI is InChI=1S/C38H50O2/c1-23-17-35(39)31(25-9-5-3-6-10-25)21-33(23)37-27-13-15-29(19-27)38(37,30-16-14-28(37)20-30)34-22-32(36(40)18-24(34)2)26-11-7-4-8-12-26/h17-18,21-22,25-30,39-40H,3-16,19-20H2,1-2H3. The summed E-state index contributed by atoms with van der Waals surface area (Å²) >= 11 is 0. The zero-order valence-electron chi connectivity index (χ0n) is 25.0. The number of benzene rings is 2. The highest BCUT2D eigenvalue weighted by Gasteiger charge is 2.78. The van der Waals surface area contributed by atoms with E-state index in [1.165, 1.54) is 125 Å². The Kier molecular flexibility index (Phi) is 5.96. The van der Waals surface area contributed by atoms with Crippen LogP contribution in [0.15, 0.2) is 24.3 Å². The van der Waals surface area contributed by atoms with E-state index in [4.69, 9.17) is 0 Å². The summed E-state index contributed by atoms with van der Waals surface area (Å²) in [7, 11) is 0. The van der Waals surface area contributed by atoms with E-state index in [0.29, 0.717) is 23.3 Å². The molecule has 2 aromatic rings. The van der Waals surface area contributed by atoms with Gasteiger partial charge in [0, 0.05) is 10.8 Å². The van der Waals surface area contributed by atoms with Crippen molar-refractivity contribution in [1.29, 1.82) is 0 Å². The molecule has 4 atom stereocenters. The Hall–Kier alpha value is -1.96. The summed E-state index contributed by atoms with van der Waals surface area (Å²) in [6.45, 7) is 4.63. The fourth-order valence-electron chi connectivity index (χ4n) is 12.8. The SMILES string of the molecule is Cc1cc(O)c(C2CCCCC2)cc1C12C3CCC(C3)C1(c1cc(C3CCCCC3)c(O)cc1C)C1CCC2C1. The Morgan fingerprint density at radius 2 is 0.850 bits per heavy atom. The van der Waals surface area contributed by atoms with Crippen LogP contribution in [0.1, 0.15) is 148 Å². The van der Waals surface area contributed by atoms with Crippen LogP contribution in [-0.2, 0) is 10.8 Å². The molecule has 40 heavy (non-hydrogen) atoms. The minimum atomic E-state index is 0.186. The monoisotopic (exact) mass is 538 g/mol. The summed E-state index contributed by atoms with van der Waals surface area (Å²) < 4.78 is 0. The third-order valence-electron chi connectivity index (χ3n) is 13.9. The lowest BCUT2D eigenvalue weighted by Crippen LogP contribution is -2.57. The average Bonchev–Trinajstić information content (AvgIpc) is 3.75. The number of fused-ring (bicyclic) bond motifs is 9. The van der Waals surface area contributed by atoms with Gasteiger partial charge in [0.05, 0.1) is 0 Å². The lowest BCUT2D eigenvalue weighted by atomic mass is 9.45. The second-order valence-corrected chi connectivity index (χ2v) is 15.3. The molecule has 4 bridgehead atoms. The van der Waals surface area contributed by atoms with E-state index in [9.17, 15) is 10.2 Å². The fourth-order valence-corrected chi connectivity index (χ4v) is 12.8. The van der Waals surface area contributed by atoms with Crippen LogP contribution >= 0.6 is 0 Å². The van der Waals surface area contributed by atoms with Crippen molar-refractivity contribution in [2.24, 2.45) is 23.7 Å². The molecule has 6 fully saturated rings. The van der Waals surface area contributed by atoms with Crippen LogP contribution in [-0.4, -0.2) is 10.2 Å². The largest absolute Gasteiger partial charge is 0.508 e. The number of rotatable bonds is 4. The molecule has 8 rings (SSSR count). The highest BCUT2D eigenvalue weighted by atomic mass is 16.3. The van der Waals surface area contributed by atoms with Crippen molar-refractivity contribution in [2.75, 3.05) is 0 Å². The van der Waals surface area contributed by atoms with Gasteiger partial charge < -0.3 is 10.2 Å². The Balaban J connectivity index is 1.36. The van der Waals surface area contributed by atoms with Crippen molar-refractivity contribution in [3.63, 3.8) is 0 Å². The summed E-state index contributed by atoms with van der Waals surface area (Å²) in [5.74, 6) is 5.16. The number of phenolic OH excluding ortho intramolecular Hbond substituents is 2. The third kappa shape index (κ3) is 3.23. The molecule has 0 saturated heterocycles. The van der Waals surface area contributed by atoms with Gasteiger partial charge in [-0.15, -0.1) is 0 Å². The van der Waals surface area contributed by atoms with Crippen molar-refractivity contribution in [1.82, 2.24) is 0 Å². The fraction of sp³-hybridized carbons (Fsp3) is 0.684. The van der Waals surface area contributed by atoms with Gasteiger partial charge in [0.15, 0.2) is 0 Å². The van der Waals surface area contributed by atoms with Gasteiger partial charge in [0.2, 0.25) is 0 Å². The highest BCUT2D eigenvalue weighted by molar-refractivity contribution is 5.59. The molecule has 2 aromatic carbocycles. The number of phenols is 2. The summed E-state index contributed by atoms with van der Waals surface area (Å²) in [5.41, 5.74) is 8.82. The van der Waals surface area contributed by atoms with E-state index in [2.05, 4.69) is 38.1 Å². The first-order valence-electron chi connectivity index (χ1n) is 17.1. The molecule has 2 N–H and O–H groups in total. The molecule has 2 nitrogen and oxygen atoms in total. The summed E-state index contributed by atoms with van der Waals surface area (Å²) in [6.07, 6.45) is 21.1. The molecule has 0 aromatic heterocycles. The summed E-state index contributed by atoms with van der Waals surface area (Å²) in [5, 5.41) is 22.6. The molecular weight excluding hydrogens is 488 g/mol. The van der Waals surface area contributed by atoms with Gasteiger partial charge in [0.25, 0.3) is 0 Å². The maximum atomic E-state index is 11.3. The quantitative estimate of drug-likeness (QED) is 0.380. The number of hydrogen-bond acceptors (Lipinski definition) is 2. The smallest absolute Gasteiger partial charge is 0.119 e. The summed E-state index contributed by atoms with van der Waals surface area (Å²) in [4.78, 5) is 0. The van der Waals surface area contributed by atoms with Gasteiger partial charge in [0.1, 0.15) is 11.5 Å². The Morgan fingerprint density at radius 1 is 0.500 bits per heavy atom. The number of hydrogen-bond donors (Lipinski definition) is 2. The normalized spacial score (nSPS) is 37.4. The van der Waals surface area contributed by atoms with Crippen LogP contribution in [0.2, 0.25) is 0 Å². The zero-order valence-corrected chi connectivity index (χ0v) is 25.0. The number of aromatic hydroxyl groups is 2. The van der Waals surface area contributed by atoms with Crippen molar-refractivity contribution in [3.8, 4) is 11.5 Å². The van der Waals surface area contributed by atoms with Crippen LogP contribution in [0, 0.1) is 37.5 Å². The molecule has 0 amide bonds. The minimum Gasteiger partial charge on any atom is -0.508 e. The van der Waals surface area contributed by atoms with Crippen LogP contribution in [0.5, 0.6) is 11.5 Å². The Morgan fingerprint density at radius 3 is 1.20 bits per heavy atom.